The first-order chi connectivity index (χ1) is 12.1. The van der Waals surface area contributed by atoms with E-state index in [1.165, 1.54) is 0 Å². The molecule has 2 aromatic rings. The summed E-state index contributed by atoms with van der Waals surface area (Å²) < 4.78 is 10.4. The minimum atomic E-state index is -0.564. The van der Waals surface area contributed by atoms with Gasteiger partial charge in [-0.25, -0.2) is 9.79 Å². The van der Waals surface area contributed by atoms with E-state index in [1.54, 1.807) is 48.5 Å². The van der Waals surface area contributed by atoms with E-state index in [2.05, 4.69) is 4.99 Å². The quantitative estimate of drug-likeness (QED) is 0.594. The van der Waals surface area contributed by atoms with Gasteiger partial charge in [-0.1, -0.05) is 35.3 Å². The van der Waals surface area contributed by atoms with Crippen LogP contribution in [0.4, 0.5) is 0 Å². The smallest absolute Gasteiger partial charge is 0.363 e. The fourth-order valence-electron chi connectivity index (χ4n) is 2.12. The summed E-state index contributed by atoms with van der Waals surface area (Å²) in [5.74, 6) is 0.132. The van der Waals surface area contributed by atoms with Crippen LogP contribution in [0.25, 0.3) is 6.08 Å². The monoisotopic (exact) mass is 372 g/mol. The number of nitriles is 1. The van der Waals surface area contributed by atoms with Crippen LogP contribution in [-0.2, 0) is 9.53 Å². The van der Waals surface area contributed by atoms with E-state index in [9.17, 15) is 4.79 Å². The molecule has 124 valence electrons. The Labute approximate surface area is 153 Å². The molecule has 0 aliphatic carbocycles. The first-order valence-corrected chi connectivity index (χ1v) is 7.90. The number of carbonyl (C=O) groups is 1. The number of esters is 1. The van der Waals surface area contributed by atoms with Crippen molar-refractivity contribution in [3.63, 3.8) is 0 Å². The van der Waals surface area contributed by atoms with Gasteiger partial charge in [0, 0.05) is 5.02 Å². The van der Waals surface area contributed by atoms with Crippen molar-refractivity contribution < 1.29 is 14.3 Å². The van der Waals surface area contributed by atoms with Gasteiger partial charge in [0.05, 0.1) is 10.6 Å². The van der Waals surface area contributed by atoms with Gasteiger partial charge in [0.2, 0.25) is 5.90 Å². The third-order valence-corrected chi connectivity index (χ3v) is 3.82. The lowest BCUT2D eigenvalue weighted by Crippen LogP contribution is -2.05. The topological polar surface area (TPSA) is 71.7 Å². The van der Waals surface area contributed by atoms with Crippen molar-refractivity contribution in [2.45, 2.75) is 0 Å². The number of cyclic esters (lactones) is 1. The van der Waals surface area contributed by atoms with E-state index < -0.39 is 5.97 Å². The molecule has 2 aromatic carbocycles. The summed E-state index contributed by atoms with van der Waals surface area (Å²) in [4.78, 5) is 16.2. The molecule has 0 amide bonds. The lowest BCUT2D eigenvalue weighted by atomic mass is 10.2. The molecule has 0 radical (unpaired) electrons. The van der Waals surface area contributed by atoms with Gasteiger partial charge in [0.15, 0.2) is 12.3 Å². The van der Waals surface area contributed by atoms with Gasteiger partial charge < -0.3 is 9.47 Å². The van der Waals surface area contributed by atoms with Crippen molar-refractivity contribution in [3.05, 3.63) is 69.3 Å². The molecule has 0 saturated carbocycles. The Bertz CT molecular complexity index is 928. The van der Waals surface area contributed by atoms with Crippen molar-refractivity contribution in [1.29, 1.82) is 5.26 Å². The number of carbonyl (C=O) groups excluding carboxylic acids is 1. The Morgan fingerprint density at radius 2 is 1.96 bits per heavy atom. The molecule has 3 rings (SSSR count). The number of ether oxygens (including phenoxy) is 2. The Morgan fingerprint density at radius 1 is 1.20 bits per heavy atom. The predicted octanol–water partition coefficient (Wildman–Crippen LogP) is 4.24. The zero-order valence-electron chi connectivity index (χ0n) is 12.7. The number of benzene rings is 2. The molecule has 1 heterocycles. The Balaban J connectivity index is 1.84. The second-order valence-corrected chi connectivity index (χ2v) is 5.82. The highest BCUT2D eigenvalue weighted by atomic mass is 35.5. The first kappa shape index (κ1) is 17.0. The second-order valence-electron chi connectivity index (χ2n) is 4.98. The molecule has 0 aromatic heterocycles. The molecule has 1 aliphatic heterocycles. The Morgan fingerprint density at radius 3 is 2.64 bits per heavy atom. The Hall–Kier alpha value is -2.81. The van der Waals surface area contributed by atoms with Crippen LogP contribution in [0.15, 0.2) is 53.2 Å². The van der Waals surface area contributed by atoms with Gasteiger partial charge >= 0.3 is 5.97 Å². The summed E-state index contributed by atoms with van der Waals surface area (Å²) in [7, 11) is 0. The molecule has 0 fully saturated rings. The minimum absolute atomic E-state index is 0.0255. The van der Waals surface area contributed by atoms with Crippen LogP contribution in [0.1, 0.15) is 11.1 Å². The molecule has 0 unspecified atom stereocenters. The van der Waals surface area contributed by atoms with Crippen LogP contribution in [0.5, 0.6) is 5.75 Å². The van der Waals surface area contributed by atoms with Crippen LogP contribution in [0, 0.1) is 11.3 Å². The number of hydrogen-bond donors (Lipinski definition) is 0. The molecule has 0 spiro atoms. The van der Waals surface area contributed by atoms with Crippen molar-refractivity contribution in [2.75, 3.05) is 6.61 Å². The average molecular weight is 373 g/mol. The van der Waals surface area contributed by atoms with Gasteiger partial charge in [-0.3, -0.25) is 0 Å². The fraction of sp³-hybridized carbons (Fsp3) is 0.0556. The summed E-state index contributed by atoms with van der Waals surface area (Å²) in [6, 6.07) is 13.6. The summed E-state index contributed by atoms with van der Waals surface area (Å²) in [6.07, 6.45) is 1.59. The summed E-state index contributed by atoms with van der Waals surface area (Å²) in [5, 5.41) is 9.31. The summed E-state index contributed by atoms with van der Waals surface area (Å²) in [6.45, 7) is -0.0255. The maximum Gasteiger partial charge on any atom is 0.363 e. The zero-order valence-corrected chi connectivity index (χ0v) is 14.2. The number of halogens is 2. The standard InChI is InChI=1S/C18H10Cl2N2O3/c19-12-3-6-14(15(20)10-12)17-22-16(18(23)25-17)9-11-1-4-13(5-2-11)24-8-7-21/h1-6,9-10H,8H2/b16-9-. The predicted molar refractivity (Wildman–Crippen MR) is 94.6 cm³/mol. The van der Waals surface area contributed by atoms with Gasteiger partial charge in [0.1, 0.15) is 11.8 Å². The molecule has 5 nitrogen and oxygen atoms in total. The maximum atomic E-state index is 12.0. The molecular formula is C18H10Cl2N2O3. The number of rotatable bonds is 4. The van der Waals surface area contributed by atoms with E-state index in [0.29, 0.717) is 21.4 Å². The highest BCUT2D eigenvalue weighted by molar-refractivity contribution is 6.37. The SMILES string of the molecule is N#CCOc1ccc(/C=C2\N=C(c3ccc(Cl)cc3Cl)OC2=O)cc1. The highest BCUT2D eigenvalue weighted by Gasteiger charge is 2.25. The third-order valence-electron chi connectivity index (χ3n) is 3.27. The van der Waals surface area contributed by atoms with Crippen LogP contribution in [0.2, 0.25) is 10.0 Å². The van der Waals surface area contributed by atoms with Crippen LogP contribution in [0.3, 0.4) is 0 Å². The highest BCUT2D eigenvalue weighted by Crippen LogP contribution is 2.26. The normalized spacial score (nSPS) is 14.8. The largest absolute Gasteiger partial charge is 0.479 e. The molecule has 0 N–H and O–H groups in total. The molecule has 0 bridgehead atoms. The third kappa shape index (κ3) is 4.00. The van der Waals surface area contributed by atoms with Gasteiger partial charge in [-0.05, 0) is 42.0 Å². The molecule has 1 aliphatic rings. The lowest BCUT2D eigenvalue weighted by molar-refractivity contribution is -0.129. The molecular weight excluding hydrogens is 363 g/mol. The molecule has 0 atom stereocenters. The fourth-order valence-corrected chi connectivity index (χ4v) is 2.61. The van der Waals surface area contributed by atoms with E-state index in [1.807, 2.05) is 6.07 Å². The van der Waals surface area contributed by atoms with Crippen LogP contribution < -0.4 is 4.74 Å². The van der Waals surface area contributed by atoms with Gasteiger partial charge in [0.25, 0.3) is 0 Å². The lowest BCUT2D eigenvalue weighted by Gasteiger charge is -2.02. The van der Waals surface area contributed by atoms with Crippen molar-refractivity contribution in [3.8, 4) is 11.8 Å². The van der Waals surface area contributed by atoms with E-state index >= 15 is 0 Å². The number of nitrogens with zero attached hydrogens (tertiary/aromatic N) is 2. The summed E-state index contributed by atoms with van der Waals surface area (Å²) in [5.41, 5.74) is 1.39. The summed E-state index contributed by atoms with van der Waals surface area (Å²) >= 11 is 12.0. The van der Waals surface area contributed by atoms with Crippen molar-refractivity contribution in [2.24, 2.45) is 4.99 Å². The second kappa shape index (κ2) is 7.39. The van der Waals surface area contributed by atoms with Crippen LogP contribution in [-0.4, -0.2) is 18.5 Å². The first-order valence-electron chi connectivity index (χ1n) is 7.14. The van der Waals surface area contributed by atoms with E-state index in [0.717, 1.165) is 5.56 Å². The van der Waals surface area contributed by atoms with E-state index in [-0.39, 0.29) is 18.2 Å². The number of aliphatic imine (C=N–C) groups is 1. The minimum Gasteiger partial charge on any atom is -0.479 e. The van der Waals surface area contributed by atoms with E-state index in [4.69, 9.17) is 37.9 Å². The average Bonchev–Trinajstić information content (AvgIpc) is 2.94. The van der Waals surface area contributed by atoms with Crippen molar-refractivity contribution in [1.82, 2.24) is 0 Å². The zero-order chi connectivity index (χ0) is 17.8. The van der Waals surface area contributed by atoms with Gasteiger partial charge in [-0.2, -0.15) is 5.26 Å². The van der Waals surface area contributed by atoms with Crippen molar-refractivity contribution >= 4 is 41.1 Å². The van der Waals surface area contributed by atoms with Crippen LogP contribution >= 0.6 is 23.2 Å². The maximum absolute atomic E-state index is 12.0. The molecule has 0 saturated heterocycles. The molecule has 25 heavy (non-hydrogen) atoms. The Kier molecular flexibility index (Phi) is 5.03. The van der Waals surface area contributed by atoms with Gasteiger partial charge in [-0.15, -0.1) is 0 Å². The molecule has 7 heteroatoms. The number of hydrogen-bond acceptors (Lipinski definition) is 5.